The molecular formula is C14H11N3OS2. The Hall–Kier alpha value is -1.92. The fourth-order valence-electron chi connectivity index (χ4n) is 1.81. The second-order valence-corrected chi connectivity index (χ2v) is 6.01. The topological polar surface area (TPSA) is 68.9 Å². The molecule has 2 aromatic heterocycles. The van der Waals surface area contributed by atoms with Crippen molar-refractivity contribution in [1.29, 1.82) is 0 Å². The van der Waals surface area contributed by atoms with Gasteiger partial charge in [0, 0.05) is 5.39 Å². The van der Waals surface area contributed by atoms with Gasteiger partial charge in [0.25, 0.3) is 0 Å². The van der Waals surface area contributed by atoms with E-state index in [1.807, 2.05) is 41.8 Å². The summed E-state index contributed by atoms with van der Waals surface area (Å²) >= 11 is 2.94. The van der Waals surface area contributed by atoms with Crippen molar-refractivity contribution in [2.45, 2.75) is 5.03 Å². The van der Waals surface area contributed by atoms with E-state index in [-0.39, 0.29) is 11.7 Å². The standard InChI is InChI=1S/C14H11N3OS2/c15-12(18)8-20-14-9-4-1-2-5-10(9)16-13(17-14)11-6-3-7-19-11/h1-7H,8H2,(H2,15,18). The van der Waals surface area contributed by atoms with Crippen LogP contribution in [0.5, 0.6) is 0 Å². The van der Waals surface area contributed by atoms with Crippen molar-refractivity contribution in [2.24, 2.45) is 5.73 Å². The van der Waals surface area contributed by atoms with Gasteiger partial charge in [-0.2, -0.15) is 0 Å². The number of nitrogens with zero attached hydrogens (tertiary/aromatic N) is 2. The lowest BCUT2D eigenvalue weighted by Crippen LogP contribution is -2.13. The number of benzene rings is 1. The highest BCUT2D eigenvalue weighted by Crippen LogP contribution is 2.29. The number of rotatable bonds is 4. The number of thiophene rings is 1. The summed E-state index contributed by atoms with van der Waals surface area (Å²) in [5.74, 6) is 0.547. The molecule has 6 heteroatoms. The minimum absolute atomic E-state index is 0.213. The molecule has 3 aromatic rings. The van der Waals surface area contributed by atoms with E-state index in [4.69, 9.17) is 5.73 Å². The normalized spacial score (nSPS) is 10.8. The van der Waals surface area contributed by atoms with Crippen molar-refractivity contribution in [3.8, 4) is 10.7 Å². The molecular weight excluding hydrogens is 290 g/mol. The van der Waals surface area contributed by atoms with Gasteiger partial charge in [0.15, 0.2) is 5.82 Å². The van der Waals surface area contributed by atoms with Crippen LogP contribution in [0.15, 0.2) is 46.8 Å². The summed E-state index contributed by atoms with van der Waals surface area (Å²) in [4.78, 5) is 21.1. The minimum atomic E-state index is -0.352. The van der Waals surface area contributed by atoms with Crippen LogP contribution in [0.1, 0.15) is 0 Å². The van der Waals surface area contributed by atoms with Crippen molar-refractivity contribution < 1.29 is 4.79 Å². The smallest absolute Gasteiger partial charge is 0.227 e. The first-order valence-electron chi connectivity index (χ1n) is 5.96. The highest BCUT2D eigenvalue weighted by Gasteiger charge is 2.11. The van der Waals surface area contributed by atoms with Gasteiger partial charge in [0.1, 0.15) is 5.03 Å². The Morgan fingerprint density at radius 1 is 1.20 bits per heavy atom. The maximum absolute atomic E-state index is 11.0. The summed E-state index contributed by atoms with van der Waals surface area (Å²) in [5.41, 5.74) is 6.09. The van der Waals surface area contributed by atoms with Crippen molar-refractivity contribution in [3.05, 3.63) is 41.8 Å². The number of fused-ring (bicyclic) bond motifs is 1. The molecule has 100 valence electrons. The van der Waals surface area contributed by atoms with Crippen molar-refractivity contribution in [3.63, 3.8) is 0 Å². The third-order valence-electron chi connectivity index (χ3n) is 2.66. The van der Waals surface area contributed by atoms with Crippen LogP contribution in [-0.4, -0.2) is 21.6 Å². The largest absolute Gasteiger partial charge is 0.369 e. The lowest BCUT2D eigenvalue weighted by molar-refractivity contribution is -0.115. The van der Waals surface area contributed by atoms with E-state index in [2.05, 4.69) is 9.97 Å². The van der Waals surface area contributed by atoms with E-state index in [0.29, 0.717) is 5.82 Å². The predicted molar refractivity (Wildman–Crippen MR) is 82.8 cm³/mol. The Morgan fingerprint density at radius 2 is 2.05 bits per heavy atom. The fraction of sp³-hybridized carbons (Fsp3) is 0.0714. The second kappa shape index (κ2) is 5.60. The number of aromatic nitrogens is 2. The van der Waals surface area contributed by atoms with Crippen LogP contribution in [0.2, 0.25) is 0 Å². The maximum Gasteiger partial charge on any atom is 0.227 e. The monoisotopic (exact) mass is 301 g/mol. The summed E-state index contributed by atoms with van der Waals surface area (Å²) in [6.45, 7) is 0. The molecule has 0 aliphatic carbocycles. The summed E-state index contributed by atoms with van der Waals surface area (Å²) in [5, 5.41) is 3.72. The molecule has 0 saturated heterocycles. The van der Waals surface area contributed by atoms with E-state index in [9.17, 15) is 4.79 Å². The molecule has 1 aromatic carbocycles. The van der Waals surface area contributed by atoms with Gasteiger partial charge in [0.2, 0.25) is 5.91 Å². The molecule has 2 heterocycles. The summed E-state index contributed by atoms with van der Waals surface area (Å²) < 4.78 is 0. The third kappa shape index (κ3) is 2.66. The van der Waals surface area contributed by atoms with Gasteiger partial charge in [-0.25, -0.2) is 9.97 Å². The number of carbonyl (C=O) groups is 1. The average Bonchev–Trinajstić information content (AvgIpc) is 2.98. The number of para-hydroxylation sites is 1. The Labute approximate surface area is 124 Å². The third-order valence-corrected chi connectivity index (χ3v) is 4.54. The van der Waals surface area contributed by atoms with E-state index in [1.54, 1.807) is 11.3 Å². The van der Waals surface area contributed by atoms with Crippen LogP contribution in [0.4, 0.5) is 0 Å². The van der Waals surface area contributed by atoms with Gasteiger partial charge < -0.3 is 5.73 Å². The number of hydrogen-bond acceptors (Lipinski definition) is 5. The molecule has 0 unspecified atom stereocenters. The first-order chi connectivity index (χ1) is 9.74. The van der Waals surface area contributed by atoms with E-state index >= 15 is 0 Å². The second-order valence-electron chi connectivity index (χ2n) is 4.10. The van der Waals surface area contributed by atoms with Crippen LogP contribution >= 0.6 is 23.1 Å². The van der Waals surface area contributed by atoms with Crippen LogP contribution in [0.3, 0.4) is 0 Å². The van der Waals surface area contributed by atoms with Gasteiger partial charge in [0.05, 0.1) is 16.1 Å². The predicted octanol–water partition coefficient (Wildman–Crippen LogP) is 2.94. The SMILES string of the molecule is NC(=O)CSc1nc(-c2cccs2)nc2ccccc12. The minimum Gasteiger partial charge on any atom is -0.369 e. The molecule has 0 bridgehead atoms. The molecule has 20 heavy (non-hydrogen) atoms. The molecule has 1 amide bonds. The molecule has 3 rings (SSSR count). The van der Waals surface area contributed by atoms with Crippen LogP contribution in [0, 0.1) is 0 Å². The van der Waals surface area contributed by atoms with Gasteiger partial charge in [-0.15, -0.1) is 11.3 Å². The van der Waals surface area contributed by atoms with Gasteiger partial charge in [-0.05, 0) is 17.5 Å². The van der Waals surface area contributed by atoms with E-state index < -0.39 is 0 Å². The molecule has 4 nitrogen and oxygen atoms in total. The number of hydrogen-bond donors (Lipinski definition) is 1. The number of nitrogens with two attached hydrogens (primary N) is 1. The summed E-state index contributed by atoms with van der Waals surface area (Å²) in [6, 6.07) is 11.7. The average molecular weight is 301 g/mol. The molecule has 2 N–H and O–H groups in total. The fourth-order valence-corrected chi connectivity index (χ4v) is 3.23. The Bertz CT molecular complexity index is 756. The zero-order chi connectivity index (χ0) is 13.9. The number of carbonyl (C=O) groups excluding carboxylic acids is 1. The zero-order valence-electron chi connectivity index (χ0n) is 10.4. The molecule has 0 radical (unpaired) electrons. The lowest BCUT2D eigenvalue weighted by atomic mass is 10.2. The quantitative estimate of drug-likeness (QED) is 0.594. The first kappa shape index (κ1) is 13.1. The molecule has 0 spiro atoms. The number of amides is 1. The first-order valence-corrected chi connectivity index (χ1v) is 7.82. The van der Waals surface area contributed by atoms with Gasteiger partial charge in [-0.1, -0.05) is 36.0 Å². The van der Waals surface area contributed by atoms with Crippen molar-refractivity contribution >= 4 is 39.9 Å². The van der Waals surface area contributed by atoms with Gasteiger partial charge in [-0.3, -0.25) is 4.79 Å². The molecule has 0 atom stereocenters. The van der Waals surface area contributed by atoms with Crippen molar-refractivity contribution in [2.75, 3.05) is 5.75 Å². The zero-order valence-corrected chi connectivity index (χ0v) is 12.1. The van der Waals surface area contributed by atoms with E-state index in [1.165, 1.54) is 11.8 Å². The maximum atomic E-state index is 11.0. The Morgan fingerprint density at radius 3 is 2.80 bits per heavy atom. The Balaban J connectivity index is 2.12. The lowest BCUT2D eigenvalue weighted by Gasteiger charge is -2.06. The summed E-state index contributed by atoms with van der Waals surface area (Å²) in [7, 11) is 0. The molecule has 0 aliphatic rings. The van der Waals surface area contributed by atoms with Crippen LogP contribution in [-0.2, 0) is 4.79 Å². The summed E-state index contributed by atoms with van der Waals surface area (Å²) in [6.07, 6.45) is 0. The highest BCUT2D eigenvalue weighted by molar-refractivity contribution is 8.00. The van der Waals surface area contributed by atoms with Crippen molar-refractivity contribution in [1.82, 2.24) is 9.97 Å². The van der Waals surface area contributed by atoms with Crippen LogP contribution in [0.25, 0.3) is 21.6 Å². The van der Waals surface area contributed by atoms with Crippen LogP contribution < -0.4 is 5.73 Å². The number of thioether (sulfide) groups is 1. The molecule has 0 aliphatic heterocycles. The number of primary amides is 1. The highest BCUT2D eigenvalue weighted by atomic mass is 32.2. The molecule has 0 saturated carbocycles. The Kier molecular flexibility index (Phi) is 3.66. The van der Waals surface area contributed by atoms with E-state index in [0.717, 1.165) is 20.8 Å². The molecule has 0 fully saturated rings. The van der Waals surface area contributed by atoms with Gasteiger partial charge >= 0.3 is 0 Å².